The van der Waals surface area contributed by atoms with Crippen molar-refractivity contribution in [2.75, 3.05) is 25.6 Å². The fraction of sp³-hybridized carbons (Fsp3) is 0.304. The van der Waals surface area contributed by atoms with Gasteiger partial charge in [-0.2, -0.15) is 0 Å². The lowest BCUT2D eigenvalue weighted by atomic mass is 10.1. The SMILES string of the molecule is COc1ccc2cc(C(=O)Nc3ccc(CNCCO)cc3)c(=O)oc2c1OC(C)C. The summed E-state index contributed by atoms with van der Waals surface area (Å²) in [7, 11) is 1.50. The number of rotatable bonds is 9. The summed E-state index contributed by atoms with van der Waals surface area (Å²) in [4.78, 5) is 25.2. The Morgan fingerprint density at radius 3 is 2.55 bits per heavy atom. The standard InChI is InChI=1S/C23H26N2O6/c1-14(2)30-21-19(29-3)9-6-16-12-18(23(28)31-20(16)21)22(27)25-17-7-4-15(5-8-17)13-24-10-11-26/h4-9,12,14,24,26H,10-11,13H2,1-3H3,(H,25,27). The van der Waals surface area contributed by atoms with Crippen molar-refractivity contribution in [2.24, 2.45) is 0 Å². The molecule has 8 nitrogen and oxygen atoms in total. The van der Waals surface area contributed by atoms with E-state index in [1.54, 1.807) is 24.3 Å². The van der Waals surface area contributed by atoms with Gasteiger partial charge in [0.05, 0.1) is 19.8 Å². The second kappa shape index (κ2) is 10.1. The van der Waals surface area contributed by atoms with E-state index in [9.17, 15) is 9.59 Å². The zero-order valence-electron chi connectivity index (χ0n) is 17.7. The molecule has 0 aliphatic carbocycles. The highest BCUT2D eigenvalue weighted by atomic mass is 16.5. The van der Waals surface area contributed by atoms with Gasteiger partial charge >= 0.3 is 5.63 Å². The molecule has 0 radical (unpaired) electrons. The minimum atomic E-state index is -0.767. The zero-order valence-corrected chi connectivity index (χ0v) is 17.7. The van der Waals surface area contributed by atoms with E-state index in [-0.39, 0.29) is 23.9 Å². The zero-order chi connectivity index (χ0) is 22.4. The number of hydrogen-bond donors (Lipinski definition) is 3. The van der Waals surface area contributed by atoms with Gasteiger partial charge in [0.25, 0.3) is 5.91 Å². The first kappa shape index (κ1) is 22.3. The molecule has 0 fully saturated rings. The van der Waals surface area contributed by atoms with Crippen LogP contribution in [-0.2, 0) is 6.54 Å². The van der Waals surface area contributed by atoms with E-state index in [4.69, 9.17) is 19.0 Å². The maximum absolute atomic E-state index is 12.7. The number of fused-ring (bicyclic) bond motifs is 1. The van der Waals surface area contributed by atoms with Crippen LogP contribution < -0.4 is 25.7 Å². The van der Waals surface area contributed by atoms with Crippen molar-refractivity contribution in [3.8, 4) is 11.5 Å². The first-order valence-corrected chi connectivity index (χ1v) is 9.96. The molecule has 164 valence electrons. The average Bonchev–Trinajstić information content (AvgIpc) is 2.75. The van der Waals surface area contributed by atoms with Crippen molar-refractivity contribution in [1.29, 1.82) is 0 Å². The summed E-state index contributed by atoms with van der Waals surface area (Å²) >= 11 is 0. The number of aliphatic hydroxyl groups excluding tert-OH is 1. The molecule has 3 rings (SSSR count). The molecule has 2 aromatic carbocycles. The number of anilines is 1. The van der Waals surface area contributed by atoms with Gasteiger partial charge in [-0.3, -0.25) is 4.79 Å². The summed E-state index contributed by atoms with van der Waals surface area (Å²) in [5.41, 5.74) is 0.908. The molecule has 0 bridgehead atoms. The number of nitrogens with one attached hydrogen (secondary N) is 2. The van der Waals surface area contributed by atoms with E-state index in [0.717, 1.165) is 5.56 Å². The number of amides is 1. The number of carbonyl (C=O) groups excluding carboxylic acids is 1. The Morgan fingerprint density at radius 2 is 1.90 bits per heavy atom. The van der Waals surface area contributed by atoms with Crippen LogP contribution in [0.3, 0.4) is 0 Å². The Labute approximate surface area is 179 Å². The third-order valence-corrected chi connectivity index (χ3v) is 4.47. The summed E-state index contributed by atoms with van der Waals surface area (Å²) < 4.78 is 16.5. The normalized spacial score (nSPS) is 11.0. The van der Waals surface area contributed by atoms with E-state index >= 15 is 0 Å². The third kappa shape index (κ3) is 5.42. The Hall–Kier alpha value is -3.36. The monoisotopic (exact) mass is 426 g/mol. The maximum atomic E-state index is 12.7. The predicted molar refractivity (Wildman–Crippen MR) is 118 cm³/mol. The second-order valence-corrected chi connectivity index (χ2v) is 7.18. The van der Waals surface area contributed by atoms with E-state index in [2.05, 4.69) is 10.6 Å². The molecule has 0 unspecified atom stereocenters. The van der Waals surface area contributed by atoms with Crippen molar-refractivity contribution in [3.05, 3.63) is 64.0 Å². The molecular weight excluding hydrogens is 400 g/mol. The molecule has 3 aromatic rings. The van der Waals surface area contributed by atoms with Crippen LogP contribution in [0.5, 0.6) is 11.5 Å². The van der Waals surface area contributed by atoms with Gasteiger partial charge in [0.2, 0.25) is 5.75 Å². The highest BCUT2D eigenvalue weighted by molar-refractivity contribution is 6.05. The molecule has 0 aliphatic heterocycles. The molecule has 0 saturated heterocycles. The second-order valence-electron chi connectivity index (χ2n) is 7.18. The minimum Gasteiger partial charge on any atom is -0.493 e. The average molecular weight is 426 g/mol. The maximum Gasteiger partial charge on any atom is 0.349 e. The predicted octanol–water partition coefficient (Wildman–Crippen LogP) is 2.92. The molecule has 0 saturated carbocycles. The molecule has 31 heavy (non-hydrogen) atoms. The molecule has 1 aromatic heterocycles. The number of ether oxygens (including phenoxy) is 2. The number of aliphatic hydroxyl groups is 1. The van der Waals surface area contributed by atoms with Gasteiger partial charge in [-0.05, 0) is 49.7 Å². The number of hydrogen-bond acceptors (Lipinski definition) is 7. The van der Waals surface area contributed by atoms with Crippen molar-refractivity contribution < 1.29 is 23.8 Å². The lowest BCUT2D eigenvalue weighted by Crippen LogP contribution is -2.21. The van der Waals surface area contributed by atoms with Gasteiger partial charge in [0.1, 0.15) is 5.56 Å². The molecule has 1 amide bonds. The Kier molecular flexibility index (Phi) is 7.28. The molecule has 8 heteroatoms. The number of methoxy groups -OCH3 is 1. The lowest BCUT2D eigenvalue weighted by molar-refractivity contribution is 0.102. The fourth-order valence-electron chi connectivity index (χ4n) is 3.02. The quantitative estimate of drug-likeness (QED) is 0.356. The van der Waals surface area contributed by atoms with Gasteiger partial charge in [-0.15, -0.1) is 0 Å². The third-order valence-electron chi connectivity index (χ3n) is 4.47. The van der Waals surface area contributed by atoms with Gasteiger partial charge in [-0.25, -0.2) is 4.79 Å². The number of carbonyl (C=O) groups is 1. The lowest BCUT2D eigenvalue weighted by Gasteiger charge is -2.15. The molecule has 0 aliphatic rings. The Morgan fingerprint density at radius 1 is 1.16 bits per heavy atom. The van der Waals surface area contributed by atoms with Gasteiger partial charge in [0, 0.05) is 24.2 Å². The minimum absolute atomic E-state index is 0.0698. The van der Waals surface area contributed by atoms with Crippen LogP contribution in [-0.4, -0.2) is 37.4 Å². The van der Waals surface area contributed by atoms with E-state index in [1.807, 2.05) is 26.0 Å². The first-order valence-electron chi connectivity index (χ1n) is 9.96. The number of benzene rings is 2. The van der Waals surface area contributed by atoms with Crippen LogP contribution in [0.4, 0.5) is 5.69 Å². The highest BCUT2D eigenvalue weighted by Crippen LogP contribution is 2.36. The summed E-state index contributed by atoms with van der Waals surface area (Å²) in [6.07, 6.45) is -0.158. The van der Waals surface area contributed by atoms with Crippen molar-refractivity contribution in [3.63, 3.8) is 0 Å². The molecule has 0 atom stereocenters. The summed E-state index contributed by atoms with van der Waals surface area (Å²) in [5, 5.41) is 15.1. The van der Waals surface area contributed by atoms with Gasteiger partial charge in [0.15, 0.2) is 11.3 Å². The Balaban J connectivity index is 1.84. The molecule has 1 heterocycles. The summed E-state index contributed by atoms with van der Waals surface area (Å²) in [6, 6.07) is 12.1. The van der Waals surface area contributed by atoms with Crippen LogP contribution >= 0.6 is 0 Å². The van der Waals surface area contributed by atoms with Crippen LogP contribution in [0.1, 0.15) is 29.8 Å². The summed E-state index contributed by atoms with van der Waals surface area (Å²) in [6.45, 7) is 4.89. The summed E-state index contributed by atoms with van der Waals surface area (Å²) in [5.74, 6) is 0.198. The van der Waals surface area contributed by atoms with Crippen molar-refractivity contribution in [2.45, 2.75) is 26.5 Å². The van der Waals surface area contributed by atoms with Crippen LogP contribution in [0, 0.1) is 0 Å². The van der Waals surface area contributed by atoms with Gasteiger partial charge < -0.3 is 29.6 Å². The van der Waals surface area contributed by atoms with Crippen LogP contribution in [0.15, 0.2) is 51.7 Å². The van der Waals surface area contributed by atoms with E-state index in [1.165, 1.54) is 13.2 Å². The van der Waals surface area contributed by atoms with Crippen LogP contribution in [0.25, 0.3) is 11.0 Å². The van der Waals surface area contributed by atoms with E-state index < -0.39 is 11.5 Å². The van der Waals surface area contributed by atoms with Crippen molar-refractivity contribution in [1.82, 2.24) is 5.32 Å². The first-order chi connectivity index (χ1) is 14.9. The largest absolute Gasteiger partial charge is 0.493 e. The molecule has 3 N–H and O–H groups in total. The molecule has 0 spiro atoms. The Bertz CT molecular complexity index is 1110. The van der Waals surface area contributed by atoms with Crippen LogP contribution in [0.2, 0.25) is 0 Å². The van der Waals surface area contributed by atoms with Gasteiger partial charge in [-0.1, -0.05) is 12.1 Å². The highest BCUT2D eigenvalue weighted by Gasteiger charge is 2.19. The van der Waals surface area contributed by atoms with E-state index in [0.29, 0.717) is 35.7 Å². The smallest absolute Gasteiger partial charge is 0.349 e. The van der Waals surface area contributed by atoms with Crippen molar-refractivity contribution >= 4 is 22.6 Å². The molecular formula is C23H26N2O6. The topological polar surface area (TPSA) is 110 Å². The fourth-order valence-corrected chi connectivity index (χ4v) is 3.02.